The van der Waals surface area contributed by atoms with Crippen LogP contribution in [0.5, 0.6) is 11.5 Å². The number of para-hydroxylation sites is 1. The van der Waals surface area contributed by atoms with Crippen molar-refractivity contribution in [2.45, 2.75) is 20.1 Å². The molecular formula is C22H21Cl2NO2. The number of nitrogens with one attached hydrogen (secondary N) is 1. The second kappa shape index (κ2) is 9.03. The minimum absolute atomic E-state index is 0.424. The summed E-state index contributed by atoms with van der Waals surface area (Å²) in [6, 6.07) is 19.6. The largest absolute Gasteiger partial charge is 0.493 e. The second-order valence-electron chi connectivity index (χ2n) is 6.22. The Labute approximate surface area is 169 Å². The number of hydrogen-bond donors (Lipinski definition) is 1. The molecule has 0 aliphatic rings. The lowest BCUT2D eigenvalue weighted by molar-refractivity contribution is 0.284. The number of halogens is 2. The van der Waals surface area contributed by atoms with Crippen LogP contribution in [0, 0.1) is 6.92 Å². The highest BCUT2D eigenvalue weighted by Crippen LogP contribution is 2.37. The van der Waals surface area contributed by atoms with Crippen molar-refractivity contribution in [1.82, 2.24) is 0 Å². The third-order valence-electron chi connectivity index (χ3n) is 4.15. The third-order valence-corrected chi connectivity index (χ3v) is 4.76. The first kappa shape index (κ1) is 19.4. The van der Waals surface area contributed by atoms with Gasteiger partial charge in [0.25, 0.3) is 0 Å². The molecule has 1 N–H and O–H groups in total. The van der Waals surface area contributed by atoms with Crippen LogP contribution in [0.4, 0.5) is 5.69 Å². The van der Waals surface area contributed by atoms with Crippen molar-refractivity contribution in [3.8, 4) is 11.5 Å². The molecule has 3 rings (SSSR count). The molecule has 0 saturated carbocycles. The highest BCUT2D eigenvalue weighted by atomic mass is 35.5. The Morgan fingerprint density at radius 2 is 1.63 bits per heavy atom. The molecule has 0 saturated heterocycles. The van der Waals surface area contributed by atoms with Crippen molar-refractivity contribution < 1.29 is 9.47 Å². The Bertz CT molecular complexity index is 911. The first-order valence-electron chi connectivity index (χ1n) is 8.60. The first-order chi connectivity index (χ1) is 13.1. The lowest BCUT2D eigenvalue weighted by Crippen LogP contribution is -2.03. The topological polar surface area (TPSA) is 30.5 Å². The van der Waals surface area contributed by atoms with Gasteiger partial charge in [-0.3, -0.25) is 0 Å². The summed E-state index contributed by atoms with van der Waals surface area (Å²) >= 11 is 12.6. The van der Waals surface area contributed by atoms with E-state index in [-0.39, 0.29) is 0 Å². The number of hydrogen-bond acceptors (Lipinski definition) is 3. The van der Waals surface area contributed by atoms with Crippen LogP contribution in [0.2, 0.25) is 10.0 Å². The minimum Gasteiger partial charge on any atom is -0.493 e. The number of ether oxygens (including phenoxy) is 2. The fourth-order valence-corrected chi connectivity index (χ4v) is 3.15. The standard InChI is InChI=1S/C22H21Cl2NO2/c1-15-7-9-16(10-8-15)14-27-22-19(24)11-17(12-21(22)26-2)13-25-20-6-4-3-5-18(20)23/h3-12,25H,13-14H2,1-2H3. The van der Waals surface area contributed by atoms with E-state index in [9.17, 15) is 0 Å². The van der Waals surface area contributed by atoms with Gasteiger partial charge in [0, 0.05) is 6.54 Å². The van der Waals surface area contributed by atoms with Gasteiger partial charge in [0.2, 0.25) is 0 Å². The minimum atomic E-state index is 0.424. The van der Waals surface area contributed by atoms with Gasteiger partial charge in [0.05, 0.1) is 22.8 Å². The van der Waals surface area contributed by atoms with Crippen molar-refractivity contribution in [2.75, 3.05) is 12.4 Å². The summed E-state index contributed by atoms with van der Waals surface area (Å²) in [6.07, 6.45) is 0. The summed E-state index contributed by atoms with van der Waals surface area (Å²) in [5, 5.41) is 4.49. The Balaban J connectivity index is 1.72. The molecule has 0 aliphatic carbocycles. The van der Waals surface area contributed by atoms with Gasteiger partial charge in [-0.15, -0.1) is 0 Å². The van der Waals surface area contributed by atoms with Crippen molar-refractivity contribution in [2.24, 2.45) is 0 Å². The zero-order chi connectivity index (χ0) is 19.2. The molecule has 27 heavy (non-hydrogen) atoms. The van der Waals surface area contributed by atoms with E-state index in [0.29, 0.717) is 34.7 Å². The third kappa shape index (κ3) is 5.09. The van der Waals surface area contributed by atoms with E-state index in [0.717, 1.165) is 16.8 Å². The number of methoxy groups -OCH3 is 1. The van der Waals surface area contributed by atoms with Gasteiger partial charge >= 0.3 is 0 Å². The lowest BCUT2D eigenvalue weighted by Gasteiger charge is -2.15. The van der Waals surface area contributed by atoms with Crippen LogP contribution in [0.3, 0.4) is 0 Å². The average Bonchev–Trinajstić information content (AvgIpc) is 2.67. The molecule has 0 amide bonds. The maximum Gasteiger partial charge on any atom is 0.180 e. The van der Waals surface area contributed by atoms with E-state index in [4.69, 9.17) is 32.7 Å². The Kier molecular flexibility index (Phi) is 6.49. The van der Waals surface area contributed by atoms with Crippen LogP contribution in [0.25, 0.3) is 0 Å². The lowest BCUT2D eigenvalue weighted by atomic mass is 10.1. The van der Waals surface area contributed by atoms with E-state index in [2.05, 4.69) is 24.4 Å². The molecule has 3 aromatic carbocycles. The molecule has 0 unspecified atom stereocenters. The van der Waals surface area contributed by atoms with Crippen LogP contribution in [0.1, 0.15) is 16.7 Å². The number of aryl methyl sites for hydroxylation is 1. The first-order valence-corrected chi connectivity index (χ1v) is 9.35. The summed E-state index contributed by atoms with van der Waals surface area (Å²) in [7, 11) is 1.61. The van der Waals surface area contributed by atoms with Gasteiger partial charge in [-0.1, -0.05) is 65.2 Å². The predicted octanol–water partition coefficient (Wildman–Crippen LogP) is 6.50. The maximum atomic E-state index is 6.46. The van der Waals surface area contributed by atoms with Crippen LogP contribution in [-0.4, -0.2) is 7.11 Å². The zero-order valence-corrected chi connectivity index (χ0v) is 16.8. The van der Waals surface area contributed by atoms with Crippen molar-refractivity contribution in [3.63, 3.8) is 0 Å². The zero-order valence-electron chi connectivity index (χ0n) is 15.3. The van der Waals surface area contributed by atoms with E-state index in [1.165, 1.54) is 5.56 Å². The van der Waals surface area contributed by atoms with Gasteiger partial charge in [-0.25, -0.2) is 0 Å². The number of rotatable bonds is 7. The quantitative estimate of drug-likeness (QED) is 0.489. The molecule has 0 spiro atoms. The highest BCUT2D eigenvalue weighted by Gasteiger charge is 2.13. The molecule has 0 aliphatic heterocycles. The monoisotopic (exact) mass is 401 g/mol. The molecule has 0 atom stereocenters. The summed E-state index contributed by atoms with van der Waals surface area (Å²) in [6.45, 7) is 3.05. The molecule has 0 heterocycles. The summed E-state index contributed by atoms with van der Waals surface area (Å²) in [4.78, 5) is 0. The summed E-state index contributed by atoms with van der Waals surface area (Å²) < 4.78 is 11.4. The highest BCUT2D eigenvalue weighted by molar-refractivity contribution is 6.33. The van der Waals surface area contributed by atoms with Crippen molar-refractivity contribution in [1.29, 1.82) is 0 Å². The normalized spacial score (nSPS) is 10.5. The van der Waals surface area contributed by atoms with Crippen LogP contribution >= 0.6 is 23.2 Å². The van der Waals surface area contributed by atoms with E-state index >= 15 is 0 Å². The van der Waals surface area contributed by atoms with Gasteiger partial charge in [-0.2, -0.15) is 0 Å². The molecular weight excluding hydrogens is 381 g/mol. The van der Waals surface area contributed by atoms with Gasteiger partial charge in [0.1, 0.15) is 6.61 Å². The van der Waals surface area contributed by atoms with E-state index < -0.39 is 0 Å². The maximum absolute atomic E-state index is 6.46. The van der Waals surface area contributed by atoms with Gasteiger partial charge in [0.15, 0.2) is 11.5 Å². The second-order valence-corrected chi connectivity index (χ2v) is 7.03. The smallest absolute Gasteiger partial charge is 0.180 e. The van der Waals surface area contributed by atoms with Crippen molar-refractivity contribution >= 4 is 28.9 Å². The Morgan fingerprint density at radius 3 is 2.33 bits per heavy atom. The fourth-order valence-electron chi connectivity index (χ4n) is 2.66. The predicted molar refractivity (Wildman–Crippen MR) is 112 cm³/mol. The van der Waals surface area contributed by atoms with Gasteiger partial charge in [-0.05, 0) is 42.3 Å². The van der Waals surface area contributed by atoms with Crippen molar-refractivity contribution in [3.05, 3.63) is 87.4 Å². The van der Waals surface area contributed by atoms with E-state index in [1.807, 2.05) is 48.5 Å². The Morgan fingerprint density at radius 1 is 0.889 bits per heavy atom. The molecule has 0 fully saturated rings. The van der Waals surface area contributed by atoms with Crippen LogP contribution < -0.4 is 14.8 Å². The Hall–Kier alpha value is -2.36. The fraction of sp³-hybridized carbons (Fsp3) is 0.182. The molecule has 3 nitrogen and oxygen atoms in total. The van der Waals surface area contributed by atoms with Crippen LogP contribution in [-0.2, 0) is 13.2 Å². The molecule has 140 valence electrons. The molecule has 5 heteroatoms. The molecule has 0 radical (unpaired) electrons. The van der Waals surface area contributed by atoms with Gasteiger partial charge < -0.3 is 14.8 Å². The molecule has 0 bridgehead atoms. The summed E-state index contributed by atoms with van der Waals surface area (Å²) in [5.74, 6) is 1.15. The average molecular weight is 402 g/mol. The van der Waals surface area contributed by atoms with E-state index in [1.54, 1.807) is 7.11 Å². The molecule has 3 aromatic rings. The summed E-state index contributed by atoms with van der Waals surface area (Å²) in [5.41, 5.74) is 4.13. The van der Waals surface area contributed by atoms with Crippen LogP contribution in [0.15, 0.2) is 60.7 Å². The number of benzene rings is 3. The molecule has 0 aromatic heterocycles. The number of anilines is 1. The SMILES string of the molecule is COc1cc(CNc2ccccc2Cl)cc(Cl)c1OCc1ccc(C)cc1.